The molecule has 0 aliphatic heterocycles. The van der Waals surface area contributed by atoms with Crippen LogP contribution in [-0.4, -0.2) is 62.2 Å². The van der Waals surface area contributed by atoms with Gasteiger partial charge in [-0.15, -0.1) is 0 Å². The van der Waals surface area contributed by atoms with Crippen molar-refractivity contribution < 1.29 is 66.7 Å². The molecule has 0 saturated carbocycles. The van der Waals surface area contributed by atoms with Gasteiger partial charge < -0.3 is 37.9 Å². The largest absolute Gasteiger partial charge is 0.494 e. The van der Waals surface area contributed by atoms with Crippen LogP contribution in [0.1, 0.15) is 120 Å². The van der Waals surface area contributed by atoms with Gasteiger partial charge in [0.2, 0.25) is 0 Å². The van der Waals surface area contributed by atoms with Crippen molar-refractivity contribution in [2.75, 3.05) is 26.4 Å². The first-order chi connectivity index (χ1) is 37.9. The minimum absolute atomic E-state index is 0.0979. The highest BCUT2D eigenvalue weighted by atomic mass is 16.6. The lowest BCUT2D eigenvalue weighted by Gasteiger charge is -2.11. The molecule has 0 unspecified atom stereocenters. The van der Waals surface area contributed by atoms with Crippen molar-refractivity contribution in [1.29, 1.82) is 0 Å². The zero-order valence-electron chi connectivity index (χ0n) is 43.9. The van der Waals surface area contributed by atoms with Crippen LogP contribution in [0, 0.1) is 0 Å². The number of benzene rings is 6. The third kappa shape index (κ3) is 17.7. The summed E-state index contributed by atoms with van der Waals surface area (Å²) in [6, 6.07) is 38.6. The van der Waals surface area contributed by atoms with E-state index < -0.39 is 35.8 Å². The Morgan fingerprint density at radius 2 is 0.756 bits per heavy atom. The fraction of sp³-hybridized carbons (Fsp3) is 0.281. The molecule has 0 atom stereocenters. The zero-order chi connectivity index (χ0) is 55.1. The molecule has 14 heteroatoms. The summed E-state index contributed by atoms with van der Waals surface area (Å²) in [5.41, 5.74) is 6.35. The average molecular weight is 1060 g/mol. The standard InChI is InChI=1S/C64H64O14/c1-4-59(65)73-40-12-8-6-10-38-71-49-24-14-45(15-25-49)18-36-61(67)75-51-28-20-47(21-29-51)63(69)77-53-32-34-55-56-35-33-54(43-58(56)44(3)57(55)42-53)78-64(70)48-22-30-52(31-23-48)76-62(68)37-19-46-16-26-50(27-17-46)72-39-11-7-9-13-41-74-60(66)5-2/h4-5,14-17,20-35,42-44H,1-2,6-13,18-19,36-41H2,3H3. The van der Waals surface area contributed by atoms with Crippen molar-refractivity contribution in [2.45, 2.75) is 89.9 Å². The Balaban J connectivity index is 0.790. The molecule has 0 amide bonds. The second-order valence-corrected chi connectivity index (χ2v) is 18.6. The van der Waals surface area contributed by atoms with Gasteiger partial charge in [0.05, 0.1) is 37.6 Å². The lowest BCUT2D eigenvalue weighted by Crippen LogP contribution is -2.11. The highest BCUT2D eigenvalue weighted by Gasteiger charge is 2.27. The number of ether oxygens (including phenoxy) is 8. The number of hydrogen-bond acceptors (Lipinski definition) is 14. The molecule has 0 N–H and O–H groups in total. The summed E-state index contributed by atoms with van der Waals surface area (Å²) in [5, 5.41) is 0. The second kappa shape index (κ2) is 29.5. The van der Waals surface area contributed by atoms with E-state index in [1.165, 1.54) is 0 Å². The Kier molecular flexibility index (Phi) is 21.5. The summed E-state index contributed by atoms with van der Waals surface area (Å²) in [5.74, 6) is 0.00282. The van der Waals surface area contributed by atoms with Crippen LogP contribution in [0.15, 0.2) is 159 Å². The van der Waals surface area contributed by atoms with Crippen molar-refractivity contribution in [2.24, 2.45) is 0 Å². The van der Waals surface area contributed by atoms with E-state index in [9.17, 15) is 28.8 Å². The Morgan fingerprint density at radius 1 is 0.410 bits per heavy atom. The van der Waals surface area contributed by atoms with Gasteiger partial charge in [0.1, 0.15) is 34.5 Å². The highest BCUT2D eigenvalue weighted by molar-refractivity contribution is 5.93. The Morgan fingerprint density at radius 3 is 1.13 bits per heavy atom. The van der Waals surface area contributed by atoms with Crippen LogP contribution in [0.5, 0.6) is 34.5 Å². The third-order valence-electron chi connectivity index (χ3n) is 12.9. The van der Waals surface area contributed by atoms with Gasteiger partial charge >= 0.3 is 35.8 Å². The predicted molar refractivity (Wildman–Crippen MR) is 293 cm³/mol. The van der Waals surface area contributed by atoms with E-state index in [2.05, 4.69) is 13.2 Å². The molecule has 0 aromatic heterocycles. The first-order valence-electron chi connectivity index (χ1n) is 26.3. The van der Waals surface area contributed by atoms with Gasteiger partial charge in [-0.2, -0.15) is 0 Å². The number of unbranched alkanes of at least 4 members (excludes halogenated alkanes) is 6. The predicted octanol–water partition coefficient (Wildman–Crippen LogP) is 12.7. The summed E-state index contributed by atoms with van der Waals surface area (Å²) in [7, 11) is 0. The van der Waals surface area contributed by atoms with Crippen LogP contribution in [0.4, 0.5) is 0 Å². The molecule has 0 fully saturated rings. The number of carbonyl (C=O) groups excluding carboxylic acids is 6. The molecular formula is C64H64O14. The average Bonchev–Trinajstić information content (AvgIpc) is 3.79. The molecule has 6 aromatic carbocycles. The van der Waals surface area contributed by atoms with Crippen molar-refractivity contribution in [3.8, 4) is 45.6 Å². The normalized spacial score (nSPS) is 11.3. The van der Waals surface area contributed by atoms with Gasteiger partial charge in [-0.25, -0.2) is 19.2 Å². The first kappa shape index (κ1) is 56.9. The van der Waals surface area contributed by atoms with Crippen LogP contribution in [0.2, 0.25) is 0 Å². The molecular weight excluding hydrogens is 993 g/mol. The molecule has 0 spiro atoms. The Labute approximate surface area is 454 Å². The maximum Gasteiger partial charge on any atom is 0.343 e. The van der Waals surface area contributed by atoms with Crippen molar-refractivity contribution >= 4 is 35.8 Å². The fourth-order valence-corrected chi connectivity index (χ4v) is 8.55. The van der Waals surface area contributed by atoms with Crippen molar-refractivity contribution in [3.63, 3.8) is 0 Å². The maximum absolute atomic E-state index is 13.2. The summed E-state index contributed by atoms with van der Waals surface area (Å²) in [6.45, 7) is 10.7. The van der Waals surface area contributed by atoms with Gasteiger partial charge in [-0.05, 0) is 195 Å². The molecule has 0 saturated heterocycles. The third-order valence-corrected chi connectivity index (χ3v) is 12.9. The quantitative estimate of drug-likeness (QED) is 0.0180. The van der Waals surface area contributed by atoms with Crippen LogP contribution >= 0.6 is 0 Å². The number of carbonyl (C=O) groups is 6. The molecule has 1 aliphatic carbocycles. The Hall–Kier alpha value is -8.78. The highest BCUT2D eigenvalue weighted by Crippen LogP contribution is 2.47. The number of fused-ring (bicyclic) bond motifs is 3. The summed E-state index contributed by atoms with van der Waals surface area (Å²) in [6.07, 6.45) is 10.8. The monoisotopic (exact) mass is 1060 g/mol. The lowest BCUT2D eigenvalue weighted by molar-refractivity contribution is -0.138. The molecule has 7 rings (SSSR count). The molecule has 14 nitrogen and oxygen atoms in total. The molecule has 0 radical (unpaired) electrons. The molecule has 404 valence electrons. The fourth-order valence-electron chi connectivity index (χ4n) is 8.55. The smallest absolute Gasteiger partial charge is 0.343 e. The molecule has 78 heavy (non-hydrogen) atoms. The molecule has 1 aliphatic rings. The van der Waals surface area contributed by atoms with E-state index >= 15 is 0 Å². The summed E-state index contributed by atoms with van der Waals surface area (Å²) >= 11 is 0. The van der Waals surface area contributed by atoms with E-state index in [1.807, 2.05) is 79.7 Å². The summed E-state index contributed by atoms with van der Waals surface area (Å²) in [4.78, 5) is 74.0. The van der Waals surface area contributed by atoms with Gasteiger partial charge in [0.25, 0.3) is 0 Å². The number of hydrogen-bond donors (Lipinski definition) is 0. The maximum atomic E-state index is 13.2. The van der Waals surface area contributed by atoms with Crippen molar-refractivity contribution in [3.05, 3.63) is 192 Å². The first-order valence-corrected chi connectivity index (χ1v) is 26.3. The van der Waals surface area contributed by atoms with E-state index in [0.717, 1.165) is 108 Å². The van der Waals surface area contributed by atoms with E-state index in [4.69, 9.17) is 37.9 Å². The number of rotatable bonds is 30. The van der Waals surface area contributed by atoms with Gasteiger partial charge in [-0.1, -0.05) is 56.5 Å². The second-order valence-electron chi connectivity index (χ2n) is 18.6. The van der Waals surface area contributed by atoms with Crippen LogP contribution < -0.4 is 28.4 Å². The van der Waals surface area contributed by atoms with Crippen LogP contribution in [0.3, 0.4) is 0 Å². The van der Waals surface area contributed by atoms with E-state index in [0.29, 0.717) is 62.3 Å². The lowest BCUT2D eigenvalue weighted by atomic mass is 9.99. The van der Waals surface area contributed by atoms with Crippen molar-refractivity contribution in [1.82, 2.24) is 0 Å². The van der Waals surface area contributed by atoms with Gasteiger partial charge in [0, 0.05) is 30.9 Å². The van der Waals surface area contributed by atoms with Crippen LogP contribution in [0.25, 0.3) is 11.1 Å². The topological polar surface area (TPSA) is 176 Å². The van der Waals surface area contributed by atoms with Gasteiger partial charge in [-0.3, -0.25) is 9.59 Å². The number of aryl methyl sites for hydroxylation is 2. The zero-order valence-corrected chi connectivity index (χ0v) is 43.9. The van der Waals surface area contributed by atoms with E-state index in [-0.39, 0.29) is 29.9 Å². The summed E-state index contributed by atoms with van der Waals surface area (Å²) < 4.78 is 44.2. The minimum Gasteiger partial charge on any atom is -0.494 e. The molecule has 0 bridgehead atoms. The number of esters is 6. The molecule has 6 aromatic rings. The minimum atomic E-state index is -0.569. The van der Waals surface area contributed by atoms with Crippen LogP contribution in [-0.2, 0) is 41.5 Å². The van der Waals surface area contributed by atoms with Gasteiger partial charge in [0.15, 0.2) is 0 Å². The SMILES string of the molecule is C=CC(=O)OCCCCCCOc1ccc(CCC(=O)Oc2ccc(C(=O)Oc3ccc4c(c3)C(C)c3cc(OC(=O)c5ccc(OC(=O)CCc6ccc(OCCCCCCOC(=O)C=C)cc6)cc5)ccc3-4)cc2)cc1. The Bertz CT molecular complexity index is 2810. The molecule has 0 heterocycles. The van der Waals surface area contributed by atoms with E-state index in [1.54, 1.807) is 60.7 Å².